The SMILES string of the molecule is Cc1cc(C)c(CNC(C)CC(C)O)cc1C. The standard InChI is InChI=1S/C15H25NO/c1-10-6-12(3)15(7-11(10)2)9-16-13(4)8-14(5)17/h6-7,13-14,16-17H,8-9H2,1-5H3. The zero-order valence-corrected chi connectivity index (χ0v) is 11.7. The lowest BCUT2D eigenvalue weighted by atomic mass is 10.0. The smallest absolute Gasteiger partial charge is 0.0526 e. The van der Waals surface area contributed by atoms with Crippen molar-refractivity contribution in [2.24, 2.45) is 0 Å². The van der Waals surface area contributed by atoms with Crippen LogP contribution in [0.1, 0.15) is 42.5 Å². The quantitative estimate of drug-likeness (QED) is 0.822. The molecule has 0 aliphatic heterocycles. The van der Waals surface area contributed by atoms with Crippen molar-refractivity contribution in [3.63, 3.8) is 0 Å². The van der Waals surface area contributed by atoms with Crippen LogP contribution >= 0.6 is 0 Å². The zero-order valence-electron chi connectivity index (χ0n) is 11.7. The fourth-order valence-corrected chi connectivity index (χ4v) is 2.09. The van der Waals surface area contributed by atoms with Gasteiger partial charge in [-0.15, -0.1) is 0 Å². The molecular formula is C15H25NO. The normalized spacial score (nSPS) is 14.7. The Labute approximate surface area is 105 Å². The molecule has 0 amide bonds. The Morgan fingerprint density at radius 2 is 1.65 bits per heavy atom. The van der Waals surface area contributed by atoms with Crippen molar-refractivity contribution in [3.8, 4) is 0 Å². The van der Waals surface area contributed by atoms with Crippen molar-refractivity contribution < 1.29 is 5.11 Å². The fourth-order valence-electron chi connectivity index (χ4n) is 2.09. The van der Waals surface area contributed by atoms with Crippen molar-refractivity contribution in [1.82, 2.24) is 5.32 Å². The van der Waals surface area contributed by atoms with Crippen molar-refractivity contribution >= 4 is 0 Å². The van der Waals surface area contributed by atoms with Gasteiger partial charge in [-0.3, -0.25) is 0 Å². The van der Waals surface area contributed by atoms with Gasteiger partial charge in [-0.05, 0) is 63.3 Å². The van der Waals surface area contributed by atoms with E-state index < -0.39 is 0 Å². The van der Waals surface area contributed by atoms with E-state index in [1.807, 2.05) is 6.92 Å². The van der Waals surface area contributed by atoms with Crippen LogP contribution in [0, 0.1) is 20.8 Å². The molecule has 0 aliphatic carbocycles. The number of nitrogens with one attached hydrogen (secondary N) is 1. The number of hydrogen-bond acceptors (Lipinski definition) is 2. The molecule has 0 heterocycles. The summed E-state index contributed by atoms with van der Waals surface area (Å²) in [5, 5.41) is 12.8. The third-order valence-electron chi connectivity index (χ3n) is 3.29. The minimum absolute atomic E-state index is 0.238. The van der Waals surface area contributed by atoms with Gasteiger partial charge in [0, 0.05) is 12.6 Å². The van der Waals surface area contributed by atoms with Crippen LogP contribution in [0.15, 0.2) is 12.1 Å². The third-order valence-corrected chi connectivity index (χ3v) is 3.29. The van der Waals surface area contributed by atoms with Crippen LogP contribution in [0.3, 0.4) is 0 Å². The molecule has 2 atom stereocenters. The number of aliphatic hydroxyl groups is 1. The van der Waals surface area contributed by atoms with E-state index in [4.69, 9.17) is 0 Å². The van der Waals surface area contributed by atoms with Crippen LogP contribution in [0.4, 0.5) is 0 Å². The molecule has 17 heavy (non-hydrogen) atoms. The van der Waals surface area contributed by atoms with Gasteiger partial charge in [0.2, 0.25) is 0 Å². The molecule has 96 valence electrons. The van der Waals surface area contributed by atoms with Crippen LogP contribution in [0.5, 0.6) is 0 Å². The molecule has 0 aliphatic rings. The minimum atomic E-state index is -0.238. The van der Waals surface area contributed by atoms with Crippen molar-refractivity contribution in [2.45, 2.75) is 59.7 Å². The summed E-state index contributed by atoms with van der Waals surface area (Å²) in [7, 11) is 0. The van der Waals surface area contributed by atoms with Gasteiger partial charge in [0.05, 0.1) is 6.10 Å². The summed E-state index contributed by atoms with van der Waals surface area (Å²) in [5.74, 6) is 0. The van der Waals surface area contributed by atoms with E-state index in [2.05, 4.69) is 45.1 Å². The van der Waals surface area contributed by atoms with Gasteiger partial charge >= 0.3 is 0 Å². The second-order valence-corrected chi connectivity index (χ2v) is 5.23. The van der Waals surface area contributed by atoms with Crippen LogP contribution in [-0.2, 0) is 6.54 Å². The topological polar surface area (TPSA) is 32.3 Å². The lowest BCUT2D eigenvalue weighted by Crippen LogP contribution is -2.29. The van der Waals surface area contributed by atoms with E-state index in [0.717, 1.165) is 13.0 Å². The lowest BCUT2D eigenvalue weighted by molar-refractivity contribution is 0.170. The van der Waals surface area contributed by atoms with Gasteiger partial charge in [0.15, 0.2) is 0 Å². The van der Waals surface area contributed by atoms with Crippen LogP contribution in [-0.4, -0.2) is 17.3 Å². The number of benzene rings is 1. The molecule has 0 fully saturated rings. The Morgan fingerprint density at radius 3 is 2.24 bits per heavy atom. The summed E-state index contributed by atoms with van der Waals surface area (Å²) in [6, 6.07) is 4.84. The largest absolute Gasteiger partial charge is 0.393 e. The molecule has 0 saturated heterocycles. The molecule has 2 nitrogen and oxygen atoms in total. The lowest BCUT2D eigenvalue weighted by Gasteiger charge is -2.17. The van der Waals surface area contributed by atoms with Gasteiger partial charge in [-0.2, -0.15) is 0 Å². The van der Waals surface area contributed by atoms with Crippen molar-refractivity contribution in [3.05, 3.63) is 34.4 Å². The molecule has 2 N–H and O–H groups in total. The Balaban J connectivity index is 2.60. The highest BCUT2D eigenvalue weighted by atomic mass is 16.3. The van der Waals surface area contributed by atoms with E-state index in [9.17, 15) is 5.11 Å². The molecule has 1 rings (SSSR count). The fraction of sp³-hybridized carbons (Fsp3) is 0.600. The monoisotopic (exact) mass is 235 g/mol. The summed E-state index contributed by atoms with van der Waals surface area (Å²) in [6.45, 7) is 11.3. The van der Waals surface area contributed by atoms with Crippen molar-refractivity contribution in [1.29, 1.82) is 0 Å². The van der Waals surface area contributed by atoms with Gasteiger partial charge in [-0.25, -0.2) is 0 Å². The van der Waals surface area contributed by atoms with E-state index in [1.165, 1.54) is 22.3 Å². The van der Waals surface area contributed by atoms with Gasteiger partial charge in [-0.1, -0.05) is 12.1 Å². The summed E-state index contributed by atoms with van der Waals surface area (Å²) >= 11 is 0. The van der Waals surface area contributed by atoms with Gasteiger partial charge < -0.3 is 10.4 Å². The van der Waals surface area contributed by atoms with E-state index >= 15 is 0 Å². The minimum Gasteiger partial charge on any atom is -0.393 e. The molecule has 0 spiro atoms. The average molecular weight is 235 g/mol. The Morgan fingerprint density at radius 1 is 1.06 bits per heavy atom. The van der Waals surface area contributed by atoms with Crippen LogP contribution < -0.4 is 5.32 Å². The summed E-state index contributed by atoms with van der Waals surface area (Å²) in [4.78, 5) is 0. The Hall–Kier alpha value is -0.860. The van der Waals surface area contributed by atoms with Gasteiger partial charge in [0.25, 0.3) is 0 Å². The van der Waals surface area contributed by atoms with Crippen LogP contribution in [0.25, 0.3) is 0 Å². The molecule has 0 saturated carbocycles. The predicted octanol–water partition coefficient (Wildman–Crippen LogP) is 2.86. The highest BCUT2D eigenvalue weighted by molar-refractivity contribution is 5.36. The molecule has 2 unspecified atom stereocenters. The molecular weight excluding hydrogens is 210 g/mol. The second-order valence-electron chi connectivity index (χ2n) is 5.23. The van der Waals surface area contributed by atoms with E-state index in [-0.39, 0.29) is 6.10 Å². The maximum atomic E-state index is 9.32. The highest BCUT2D eigenvalue weighted by Crippen LogP contribution is 2.15. The predicted molar refractivity (Wildman–Crippen MR) is 73.3 cm³/mol. The Bertz CT molecular complexity index is 371. The van der Waals surface area contributed by atoms with Crippen LogP contribution in [0.2, 0.25) is 0 Å². The van der Waals surface area contributed by atoms with E-state index in [0.29, 0.717) is 6.04 Å². The summed E-state index contributed by atoms with van der Waals surface area (Å²) in [6.07, 6.45) is 0.558. The summed E-state index contributed by atoms with van der Waals surface area (Å²) in [5.41, 5.74) is 5.38. The molecule has 0 bridgehead atoms. The number of rotatable bonds is 5. The molecule has 0 aromatic heterocycles. The number of aliphatic hydroxyl groups excluding tert-OH is 1. The first kappa shape index (κ1) is 14.2. The van der Waals surface area contributed by atoms with Gasteiger partial charge in [0.1, 0.15) is 0 Å². The zero-order chi connectivity index (χ0) is 13.0. The third kappa shape index (κ3) is 4.49. The first-order valence-electron chi connectivity index (χ1n) is 6.38. The first-order valence-corrected chi connectivity index (χ1v) is 6.38. The second kappa shape index (κ2) is 6.18. The number of hydrogen-bond donors (Lipinski definition) is 2. The Kier molecular flexibility index (Phi) is 5.16. The highest BCUT2D eigenvalue weighted by Gasteiger charge is 2.07. The van der Waals surface area contributed by atoms with Crippen molar-refractivity contribution in [2.75, 3.05) is 0 Å². The molecule has 1 aromatic carbocycles. The van der Waals surface area contributed by atoms with E-state index in [1.54, 1.807) is 0 Å². The molecule has 1 aromatic rings. The average Bonchev–Trinajstić information content (AvgIpc) is 2.20. The molecule has 0 radical (unpaired) electrons. The maximum absolute atomic E-state index is 9.32. The molecule has 2 heteroatoms. The summed E-state index contributed by atoms with van der Waals surface area (Å²) < 4.78 is 0. The number of aryl methyl sites for hydroxylation is 3. The first-order chi connectivity index (χ1) is 7.90. The maximum Gasteiger partial charge on any atom is 0.0526 e.